The average molecular weight is 123 g/mol. The lowest BCUT2D eigenvalue weighted by molar-refractivity contribution is 0.620. The summed E-state index contributed by atoms with van der Waals surface area (Å²) in [5.41, 5.74) is 0. The molecule has 0 aromatic carbocycles. The zero-order valence-electron chi connectivity index (χ0n) is 5.80. The van der Waals surface area contributed by atoms with Crippen LogP contribution in [0.5, 0.6) is 0 Å². The quantitative estimate of drug-likeness (QED) is 0.557. The summed E-state index contributed by atoms with van der Waals surface area (Å²) >= 11 is 0. The van der Waals surface area contributed by atoms with Gasteiger partial charge in [-0.1, -0.05) is 31.2 Å². The second-order valence-electron chi connectivity index (χ2n) is 2.24. The molecular formula is C8H13N. The SMILES string of the molecule is CCC1C=CC=CCN1. The summed E-state index contributed by atoms with van der Waals surface area (Å²) in [5, 5.41) is 3.36. The lowest BCUT2D eigenvalue weighted by atomic mass is 10.2. The van der Waals surface area contributed by atoms with Gasteiger partial charge in [-0.15, -0.1) is 0 Å². The summed E-state index contributed by atoms with van der Waals surface area (Å²) < 4.78 is 0. The van der Waals surface area contributed by atoms with Crippen molar-refractivity contribution >= 4 is 0 Å². The fourth-order valence-electron chi connectivity index (χ4n) is 0.913. The highest BCUT2D eigenvalue weighted by molar-refractivity contribution is 5.10. The van der Waals surface area contributed by atoms with Gasteiger partial charge in [0.15, 0.2) is 0 Å². The smallest absolute Gasteiger partial charge is 0.0253 e. The van der Waals surface area contributed by atoms with E-state index in [-0.39, 0.29) is 0 Å². The third-order valence-electron chi connectivity index (χ3n) is 1.53. The summed E-state index contributed by atoms with van der Waals surface area (Å²) in [6, 6.07) is 0.583. The van der Waals surface area contributed by atoms with E-state index in [2.05, 4.69) is 36.5 Å². The van der Waals surface area contributed by atoms with E-state index in [9.17, 15) is 0 Å². The summed E-state index contributed by atoms with van der Waals surface area (Å²) in [6.07, 6.45) is 9.70. The molecule has 1 aliphatic rings. The van der Waals surface area contributed by atoms with Crippen LogP contribution in [0.15, 0.2) is 24.3 Å². The van der Waals surface area contributed by atoms with Crippen molar-refractivity contribution < 1.29 is 0 Å². The van der Waals surface area contributed by atoms with Crippen LogP contribution in [0.2, 0.25) is 0 Å². The molecule has 0 aromatic heterocycles. The zero-order valence-corrected chi connectivity index (χ0v) is 5.80. The zero-order chi connectivity index (χ0) is 6.53. The first-order valence-electron chi connectivity index (χ1n) is 3.50. The molecule has 1 unspecified atom stereocenters. The van der Waals surface area contributed by atoms with Crippen molar-refractivity contribution in [3.8, 4) is 0 Å². The molecule has 0 bridgehead atoms. The Kier molecular flexibility index (Phi) is 2.52. The molecule has 9 heavy (non-hydrogen) atoms. The predicted octanol–water partition coefficient (Wildman–Crippen LogP) is 1.48. The molecule has 0 aliphatic carbocycles. The minimum Gasteiger partial charge on any atom is -0.307 e. The number of hydrogen-bond acceptors (Lipinski definition) is 1. The van der Waals surface area contributed by atoms with Crippen molar-refractivity contribution in [2.75, 3.05) is 6.54 Å². The van der Waals surface area contributed by atoms with Gasteiger partial charge in [0.05, 0.1) is 0 Å². The van der Waals surface area contributed by atoms with Crippen LogP contribution in [-0.4, -0.2) is 12.6 Å². The molecule has 0 fully saturated rings. The van der Waals surface area contributed by atoms with E-state index < -0.39 is 0 Å². The molecule has 50 valence electrons. The standard InChI is InChI=1S/C8H13N/c1-2-8-6-4-3-5-7-9-8/h3-6,8-9H,2,7H2,1H3. The fraction of sp³-hybridized carbons (Fsp3) is 0.500. The van der Waals surface area contributed by atoms with Gasteiger partial charge >= 0.3 is 0 Å². The number of rotatable bonds is 1. The summed E-state index contributed by atoms with van der Waals surface area (Å²) in [4.78, 5) is 0. The first-order valence-corrected chi connectivity index (χ1v) is 3.50. The van der Waals surface area contributed by atoms with E-state index in [1.165, 1.54) is 6.42 Å². The Labute approximate surface area is 56.5 Å². The molecule has 1 atom stereocenters. The van der Waals surface area contributed by atoms with Gasteiger partial charge in [0.1, 0.15) is 0 Å². The van der Waals surface area contributed by atoms with Crippen LogP contribution in [-0.2, 0) is 0 Å². The van der Waals surface area contributed by atoms with E-state index >= 15 is 0 Å². The Morgan fingerprint density at radius 3 is 3.22 bits per heavy atom. The van der Waals surface area contributed by atoms with Crippen LogP contribution >= 0.6 is 0 Å². The summed E-state index contributed by atoms with van der Waals surface area (Å²) in [7, 11) is 0. The van der Waals surface area contributed by atoms with E-state index in [4.69, 9.17) is 0 Å². The van der Waals surface area contributed by atoms with Crippen molar-refractivity contribution in [3.05, 3.63) is 24.3 Å². The highest BCUT2D eigenvalue weighted by Crippen LogP contribution is 1.95. The molecule has 1 aliphatic heterocycles. The molecule has 0 amide bonds. The minimum atomic E-state index is 0.583. The Morgan fingerprint density at radius 1 is 1.56 bits per heavy atom. The molecule has 1 rings (SSSR count). The van der Waals surface area contributed by atoms with Gasteiger partial charge in [-0.3, -0.25) is 0 Å². The van der Waals surface area contributed by atoms with Crippen LogP contribution in [0.25, 0.3) is 0 Å². The highest BCUT2D eigenvalue weighted by atomic mass is 14.9. The lowest BCUT2D eigenvalue weighted by Crippen LogP contribution is -2.25. The molecule has 0 aromatic rings. The van der Waals surface area contributed by atoms with Crippen molar-refractivity contribution in [2.24, 2.45) is 0 Å². The number of hydrogen-bond donors (Lipinski definition) is 1. The summed E-state index contributed by atoms with van der Waals surface area (Å²) in [5.74, 6) is 0. The van der Waals surface area contributed by atoms with Gasteiger partial charge in [0.2, 0.25) is 0 Å². The van der Waals surface area contributed by atoms with Crippen molar-refractivity contribution in [1.29, 1.82) is 0 Å². The molecule has 1 N–H and O–H groups in total. The third-order valence-corrected chi connectivity index (χ3v) is 1.53. The first-order chi connectivity index (χ1) is 4.43. The maximum Gasteiger partial charge on any atom is 0.0253 e. The van der Waals surface area contributed by atoms with Crippen LogP contribution in [0.4, 0.5) is 0 Å². The molecule has 0 spiro atoms. The van der Waals surface area contributed by atoms with E-state index in [0.717, 1.165) is 6.54 Å². The van der Waals surface area contributed by atoms with Crippen LogP contribution in [0, 0.1) is 0 Å². The Balaban J connectivity index is 2.41. The molecule has 1 heterocycles. The average Bonchev–Trinajstić information content (AvgIpc) is 2.13. The normalized spacial score (nSPS) is 26.1. The van der Waals surface area contributed by atoms with Gasteiger partial charge in [-0.25, -0.2) is 0 Å². The molecule has 1 heteroatoms. The second-order valence-corrected chi connectivity index (χ2v) is 2.24. The van der Waals surface area contributed by atoms with Gasteiger partial charge in [0.25, 0.3) is 0 Å². The van der Waals surface area contributed by atoms with Crippen LogP contribution in [0.1, 0.15) is 13.3 Å². The molecule has 0 saturated carbocycles. The first kappa shape index (κ1) is 6.56. The van der Waals surface area contributed by atoms with Crippen molar-refractivity contribution in [1.82, 2.24) is 5.32 Å². The lowest BCUT2D eigenvalue weighted by Gasteiger charge is -2.07. The van der Waals surface area contributed by atoms with Gasteiger partial charge in [-0.2, -0.15) is 0 Å². The molecular weight excluding hydrogens is 110 g/mol. The fourth-order valence-corrected chi connectivity index (χ4v) is 0.913. The maximum absolute atomic E-state index is 3.36. The number of allylic oxidation sites excluding steroid dienone is 2. The van der Waals surface area contributed by atoms with Crippen molar-refractivity contribution in [2.45, 2.75) is 19.4 Å². The highest BCUT2D eigenvalue weighted by Gasteiger charge is 1.98. The van der Waals surface area contributed by atoms with Gasteiger partial charge < -0.3 is 5.32 Å². The minimum absolute atomic E-state index is 0.583. The largest absolute Gasteiger partial charge is 0.307 e. The van der Waals surface area contributed by atoms with E-state index in [0.29, 0.717) is 6.04 Å². The third kappa shape index (κ3) is 2.02. The second kappa shape index (κ2) is 3.46. The monoisotopic (exact) mass is 123 g/mol. The Morgan fingerprint density at radius 2 is 2.44 bits per heavy atom. The van der Waals surface area contributed by atoms with Gasteiger partial charge in [-0.05, 0) is 6.42 Å². The van der Waals surface area contributed by atoms with E-state index in [1.54, 1.807) is 0 Å². The van der Waals surface area contributed by atoms with Gasteiger partial charge in [0, 0.05) is 12.6 Å². The van der Waals surface area contributed by atoms with Crippen LogP contribution in [0.3, 0.4) is 0 Å². The van der Waals surface area contributed by atoms with Crippen molar-refractivity contribution in [3.63, 3.8) is 0 Å². The molecule has 0 saturated heterocycles. The molecule has 1 nitrogen and oxygen atoms in total. The maximum atomic E-state index is 3.36. The van der Waals surface area contributed by atoms with Crippen LogP contribution < -0.4 is 5.32 Å². The number of nitrogens with one attached hydrogen (secondary N) is 1. The molecule has 0 radical (unpaired) electrons. The summed E-state index contributed by atoms with van der Waals surface area (Å²) in [6.45, 7) is 3.19. The Bertz CT molecular complexity index is 125. The predicted molar refractivity (Wildman–Crippen MR) is 40.4 cm³/mol. The van der Waals surface area contributed by atoms with E-state index in [1.807, 2.05) is 0 Å². The Hall–Kier alpha value is -0.560. The topological polar surface area (TPSA) is 12.0 Å².